The van der Waals surface area contributed by atoms with E-state index in [2.05, 4.69) is 0 Å². The lowest BCUT2D eigenvalue weighted by molar-refractivity contribution is -0.193. The molecule has 0 aromatic rings. The first-order chi connectivity index (χ1) is 11.2. The van der Waals surface area contributed by atoms with Gasteiger partial charge in [-0.3, -0.25) is 19.2 Å². The van der Waals surface area contributed by atoms with Crippen LogP contribution in [-0.4, -0.2) is 54.9 Å². The van der Waals surface area contributed by atoms with Gasteiger partial charge in [0.1, 0.15) is 6.61 Å². The van der Waals surface area contributed by atoms with E-state index in [1.807, 2.05) is 0 Å². The minimum absolute atomic E-state index is 0.308. The zero-order valence-electron chi connectivity index (χ0n) is 13.8. The summed E-state index contributed by atoms with van der Waals surface area (Å²) >= 11 is 0. The number of carbonyl (C=O) groups is 4. The lowest BCUT2D eigenvalue weighted by Crippen LogP contribution is -2.53. The molecule has 0 aromatic carbocycles. The Morgan fingerprint density at radius 1 is 0.958 bits per heavy atom. The molecule has 134 valence electrons. The van der Waals surface area contributed by atoms with E-state index >= 15 is 0 Å². The summed E-state index contributed by atoms with van der Waals surface area (Å²) in [6, 6.07) is 0. The first kappa shape index (κ1) is 19.5. The Balaban J connectivity index is 3.03. The fourth-order valence-electron chi connectivity index (χ4n) is 2.12. The molecule has 0 radical (unpaired) electrons. The quantitative estimate of drug-likeness (QED) is 0.494. The lowest BCUT2D eigenvalue weighted by Gasteiger charge is -2.36. The Morgan fingerprint density at radius 3 is 2.08 bits per heavy atom. The van der Waals surface area contributed by atoms with Crippen LogP contribution in [0.1, 0.15) is 27.7 Å². The van der Waals surface area contributed by atoms with Crippen LogP contribution in [0.5, 0.6) is 0 Å². The minimum atomic E-state index is -1.07. The molecule has 9 heteroatoms. The molecule has 0 spiro atoms. The van der Waals surface area contributed by atoms with Crippen LogP contribution in [0.2, 0.25) is 0 Å². The van der Waals surface area contributed by atoms with E-state index in [1.54, 1.807) is 0 Å². The van der Waals surface area contributed by atoms with Gasteiger partial charge in [-0.1, -0.05) is 0 Å². The summed E-state index contributed by atoms with van der Waals surface area (Å²) in [6.45, 7) is 4.43. The maximum absolute atomic E-state index is 11.4. The van der Waals surface area contributed by atoms with Gasteiger partial charge >= 0.3 is 23.9 Å². The molecule has 1 aliphatic rings. The largest absolute Gasteiger partial charge is 0.490 e. The van der Waals surface area contributed by atoms with Crippen molar-refractivity contribution in [2.24, 2.45) is 0 Å². The fourth-order valence-corrected chi connectivity index (χ4v) is 2.12. The zero-order valence-corrected chi connectivity index (χ0v) is 13.8. The van der Waals surface area contributed by atoms with Gasteiger partial charge in [-0.2, -0.15) is 0 Å². The smallest absolute Gasteiger partial charge is 0.303 e. The standard InChI is InChI=1S/C15H20O9/c1-8(16)21-7-13(23-10(3)18)14-15(24-11(4)19)12(5-6-20-14)22-9(2)17/h5-6,12-15H,7H2,1-4H3/t12-,13-,14?,15+/m1/s1. The number of hydrogen-bond donors (Lipinski definition) is 0. The van der Waals surface area contributed by atoms with E-state index in [4.69, 9.17) is 23.7 Å². The second-order valence-corrected chi connectivity index (χ2v) is 5.03. The molecule has 0 saturated heterocycles. The van der Waals surface area contributed by atoms with Crippen molar-refractivity contribution < 1.29 is 42.9 Å². The Morgan fingerprint density at radius 2 is 1.58 bits per heavy atom. The Bertz CT molecular complexity index is 525. The SMILES string of the molecule is CC(=O)OC[C@@H](OC(C)=O)C1OC=C[C@@H](OC(C)=O)[C@@H]1OC(C)=O. The second kappa shape index (κ2) is 8.90. The Hall–Kier alpha value is -2.58. The molecule has 4 atom stereocenters. The maximum atomic E-state index is 11.4. The summed E-state index contributed by atoms with van der Waals surface area (Å²) in [5, 5.41) is 0. The monoisotopic (exact) mass is 344 g/mol. The summed E-state index contributed by atoms with van der Waals surface area (Å²) in [7, 11) is 0. The first-order valence-electron chi connectivity index (χ1n) is 7.18. The van der Waals surface area contributed by atoms with Gasteiger partial charge in [0.15, 0.2) is 24.4 Å². The van der Waals surface area contributed by atoms with Crippen LogP contribution in [0.3, 0.4) is 0 Å². The molecule has 24 heavy (non-hydrogen) atoms. The number of ether oxygens (including phenoxy) is 5. The van der Waals surface area contributed by atoms with Crippen molar-refractivity contribution in [2.75, 3.05) is 6.61 Å². The van der Waals surface area contributed by atoms with E-state index < -0.39 is 48.3 Å². The van der Waals surface area contributed by atoms with Gasteiger partial charge in [0.05, 0.1) is 6.26 Å². The van der Waals surface area contributed by atoms with Gasteiger partial charge in [0, 0.05) is 27.7 Å². The van der Waals surface area contributed by atoms with Crippen LogP contribution < -0.4 is 0 Å². The zero-order chi connectivity index (χ0) is 18.3. The van der Waals surface area contributed by atoms with Crippen LogP contribution in [-0.2, 0) is 42.9 Å². The molecule has 9 nitrogen and oxygen atoms in total. The molecule has 0 N–H and O–H groups in total. The summed E-state index contributed by atoms with van der Waals surface area (Å²) in [4.78, 5) is 44.9. The maximum Gasteiger partial charge on any atom is 0.303 e. The van der Waals surface area contributed by atoms with Crippen LogP contribution in [0.25, 0.3) is 0 Å². The molecule has 0 amide bonds. The molecule has 0 bridgehead atoms. The van der Waals surface area contributed by atoms with Crippen LogP contribution in [0.15, 0.2) is 12.3 Å². The van der Waals surface area contributed by atoms with Crippen LogP contribution >= 0.6 is 0 Å². The van der Waals surface area contributed by atoms with Gasteiger partial charge in [0.2, 0.25) is 0 Å². The summed E-state index contributed by atoms with van der Waals surface area (Å²) < 4.78 is 25.6. The molecular formula is C15H20O9. The van der Waals surface area contributed by atoms with Crippen molar-refractivity contribution >= 4 is 23.9 Å². The Labute approximate surface area is 138 Å². The highest BCUT2D eigenvalue weighted by Gasteiger charge is 2.43. The van der Waals surface area contributed by atoms with Gasteiger partial charge in [-0.15, -0.1) is 0 Å². The van der Waals surface area contributed by atoms with E-state index in [0.29, 0.717) is 0 Å². The molecule has 1 unspecified atom stereocenters. The van der Waals surface area contributed by atoms with Crippen molar-refractivity contribution in [3.63, 3.8) is 0 Å². The van der Waals surface area contributed by atoms with E-state index in [1.165, 1.54) is 40.0 Å². The van der Waals surface area contributed by atoms with Gasteiger partial charge in [0.25, 0.3) is 0 Å². The predicted molar refractivity (Wildman–Crippen MR) is 77.3 cm³/mol. The first-order valence-corrected chi connectivity index (χ1v) is 7.18. The topological polar surface area (TPSA) is 114 Å². The highest BCUT2D eigenvalue weighted by Crippen LogP contribution is 2.24. The van der Waals surface area contributed by atoms with E-state index in [9.17, 15) is 19.2 Å². The third kappa shape index (κ3) is 6.27. The molecule has 1 rings (SSSR count). The summed E-state index contributed by atoms with van der Waals surface area (Å²) in [5.41, 5.74) is 0. The molecule has 0 saturated carbocycles. The molecule has 1 heterocycles. The normalized spacial score (nSPS) is 23.4. The molecule has 0 aromatic heterocycles. The highest BCUT2D eigenvalue weighted by molar-refractivity contribution is 5.68. The average Bonchev–Trinajstić information content (AvgIpc) is 2.44. The average molecular weight is 344 g/mol. The summed E-state index contributed by atoms with van der Waals surface area (Å²) in [6.07, 6.45) is -1.45. The molecule has 0 fully saturated rings. The number of hydrogen-bond acceptors (Lipinski definition) is 9. The fraction of sp³-hybridized carbons (Fsp3) is 0.600. The van der Waals surface area contributed by atoms with Crippen LogP contribution in [0, 0.1) is 0 Å². The van der Waals surface area contributed by atoms with Crippen molar-refractivity contribution in [3.8, 4) is 0 Å². The van der Waals surface area contributed by atoms with Crippen molar-refractivity contribution in [1.29, 1.82) is 0 Å². The second-order valence-electron chi connectivity index (χ2n) is 5.03. The predicted octanol–water partition coefficient (Wildman–Crippen LogP) is 0.257. The van der Waals surface area contributed by atoms with E-state index in [0.717, 1.165) is 0 Å². The van der Waals surface area contributed by atoms with Crippen molar-refractivity contribution in [2.45, 2.75) is 52.1 Å². The third-order valence-electron chi connectivity index (χ3n) is 2.89. The molecule has 0 aliphatic carbocycles. The minimum Gasteiger partial charge on any atom is -0.490 e. The molecule has 1 aliphatic heterocycles. The third-order valence-corrected chi connectivity index (χ3v) is 2.89. The highest BCUT2D eigenvalue weighted by atomic mass is 16.6. The lowest BCUT2D eigenvalue weighted by atomic mass is 10.0. The molecular weight excluding hydrogens is 324 g/mol. The summed E-state index contributed by atoms with van der Waals surface area (Å²) in [5.74, 6) is -2.46. The number of rotatable bonds is 6. The van der Waals surface area contributed by atoms with Crippen LogP contribution in [0.4, 0.5) is 0 Å². The van der Waals surface area contributed by atoms with Gasteiger partial charge < -0.3 is 23.7 Å². The van der Waals surface area contributed by atoms with Gasteiger partial charge in [-0.05, 0) is 6.08 Å². The number of carbonyl (C=O) groups excluding carboxylic acids is 4. The number of esters is 4. The van der Waals surface area contributed by atoms with E-state index in [-0.39, 0.29) is 6.61 Å². The Kier molecular flexibility index (Phi) is 7.22. The van der Waals surface area contributed by atoms with Crippen molar-refractivity contribution in [1.82, 2.24) is 0 Å². The van der Waals surface area contributed by atoms with Gasteiger partial charge in [-0.25, -0.2) is 0 Å². The van der Waals surface area contributed by atoms with Crippen molar-refractivity contribution in [3.05, 3.63) is 12.3 Å².